The number of nitrogens with zero attached hydrogens (tertiary/aromatic N) is 2. The van der Waals surface area contributed by atoms with Crippen LogP contribution in [-0.2, 0) is 0 Å². The third-order valence-corrected chi connectivity index (χ3v) is 2.31. The maximum atomic E-state index is 5.74. The summed E-state index contributed by atoms with van der Waals surface area (Å²) >= 11 is 0. The first-order chi connectivity index (χ1) is 6.63. The molecule has 0 saturated heterocycles. The average molecular weight is 193 g/mol. The highest BCUT2D eigenvalue weighted by Crippen LogP contribution is 2.21. The maximum absolute atomic E-state index is 5.74. The van der Waals surface area contributed by atoms with Crippen LogP contribution in [0, 0.1) is 12.8 Å². The fourth-order valence-corrected chi connectivity index (χ4v) is 1.55. The van der Waals surface area contributed by atoms with Crippen LogP contribution in [0.15, 0.2) is 12.4 Å². The van der Waals surface area contributed by atoms with Crippen molar-refractivity contribution >= 4 is 0 Å². The highest BCUT2D eigenvalue weighted by atomic mass is 14.8. The van der Waals surface area contributed by atoms with Crippen LogP contribution in [0.5, 0.6) is 0 Å². The van der Waals surface area contributed by atoms with Gasteiger partial charge in [0.25, 0.3) is 0 Å². The molecule has 1 aromatic heterocycles. The van der Waals surface area contributed by atoms with Crippen molar-refractivity contribution in [3.05, 3.63) is 23.8 Å². The van der Waals surface area contributed by atoms with E-state index in [1.807, 2.05) is 19.3 Å². The number of nitrogens with two attached hydrogens (primary N) is 1. The fraction of sp³-hybridized carbons (Fsp3) is 0.636. The van der Waals surface area contributed by atoms with Crippen LogP contribution >= 0.6 is 0 Å². The third-order valence-electron chi connectivity index (χ3n) is 2.31. The van der Waals surface area contributed by atoms with Gasteiger partial charge in [0.2, 0.25) is 0 Å². The largest absolute Gasteiger partial charge is 0.330 e. The Labute approximate surface area is 85.8 Å². The second-order valence-corrected chi connectivity index (χ2v) is 4.13. The number of rotatable bonds is 4. The molecule has 3 heteroatoms. The molecule has 1 atom stereocenters. The van der Waals surface area contributed by atoms with Gasteiger partial charge in [0.15, 0.2) is 0 Å². The van der Waals surface area contributed by atoms with Gasteiger partial charge in [-0.1, -0.05) is 13.8 Å². The van der Waals surface area contributed by atoms with E-state index in [-0.39, 0.29) is 0 Å². The second kappa shape index (κ2) is 5.05. The summed E-state index contributed by atoms with van der Waals surface area (Å²) in [6, 6.07) is 0. The molecule has 1 rings (SSSR count). The van der Waals surface area contributed by atoms with E-state index in [2.05, 4.69) is 23.8 Å². The first-order valence-electron chi connectivity index (χ1n) is 5.12. The molecular weight excluding hydrogens is 174 g/mol. The molecule has 0 spiro atoms. The summed E-state index contributed by atoms with van der Waals surface area (Å²) in [7, 11) is 0. The monoisotopic (exact) mass is 193 g/mol. The number of aromatic nitrogens is 2. The zero-order valence-corrected chi connectivity index (χ0v) is 9.20. The van der Waals surface area contributed by atoms with Crippen molar-refractivity contribution in [2.24, 2.45) is 11.7 Å². The molecule has 0 fully saturated rings. The minimum atomic E-state index is 0.399. The molecule has 78 valence electrons. The summed E-state index contributed by atoms with van der Waals surface area (Å²) in [6.07, 6.45) is 4.88. The standard InChI is InChI=1S/C11H19N3/c1-8(2)4-10(5-12)11-6-13-9(3)14-7-11/h6-8,10H,4-5,12H2,1-3H3. The Bertz CT molecular complexity index is 266. The number of hydrogen-bond donors (Lipinski definition) is 1. The fourth-order valence-electron chi connectivity index (χ4n) is 1.55. The molecule has 1 heterocycles. The van der Waals surface area contributed by atoms with Crippen LogP contribution in [-0.4, -0.2) is 16.5 Å². The van der Waals surface area contributed by atoms with E-state index in [1.54, 1.807) is 0 Å². The molecule has 0 aliphatic rings. The SMILES string of the molecule is Cc1ncc(C(CN)CC(C)C)cn1. The molecule has 0 aromatic carbocycles. The molecule has 0 bridgehead atoms. The van der Waals surface area contributed by atoms with Gasteiger partial charge in [-0.3, -0.25) is 0 Å². The Morgan fingerprint density at radius 1 is 1.29 bits per heavy atom. The quantitative estimate of drug-likeness (QED) is 0.794. The minimum Gasteiger partial charge on any atom is -0.330 e. The van der Waals surface area contributed by atoms with E-state index < -0.39 is 0 Å². The van der Waals surface area contributed by atoms with E-state index >= 15 is 0 Å². The third kappa shape index (κ3) is 3.07. The molecule has 1 aromatic rings. The predicted molar refractivity (Wildman–Crippen MR) is 58.0 cm³/mol. The summed E-state index contributed by atoms with van der Waals surface area (Å²) in [5.74, 6) is 1.87. The van der Waals surface area contributed by atoms with Crippen molar-refractivity contribution in [1.29, 1.82) is 0 Å². The number of aryl methyl sites for hydroxylation is 1. The van der Waals surface area contributed by atoms with Crippen LogP contribution in [0.4, 0.5) is 0 Å². The van der Waals surface area contributed by atoms with Gasteiger partial charge >= 0.3 is 0 Å². The van der Waals surface area contributed by atoms with E-state index in [4.69, 9.17) is 5.73 Å². The Hall–Kier alpha value is -0.960. The predicted octanol–water partition coefficient (Wildman–Crippen LogP) is 1.87. The molecular formula is C11H19N3. The van der Waals surface area contributed by atoms with Gasteiger partial charge in [-0.15, -0.1) is 0 Å². The van der Waals surface area contributed by atoms with Crippen molar-refractivity contribution in [1.82, 2.24) is 9.97 Å². The summed E-state index contributed by atoms with van der Waals surface area (Å²) in [5, 5.41) is 0. The van der Waals surface area contributed by atoms with Crippen molar-refractivity contribution in [3.63, 3.8) is 0 Å². The van der Waals surface area contributed by atoms with Gasteiger partial charge in [0.1, 0.15) is 5.82 Å². The van der Waals surface area contributed by atoms with Gasteiger partial charge < -0.3 is 5.73 Å². The lowest BCUT2D eigenvalue weighted by Crippen LogP contribution is -2.15. The van der Waals surface area contributed by atoms with Gasteiger partial charge in [0.05, 0.1) is 0 Å². The van der Waals surface area contributed by atoms with E-state index in [9.17, 15) is 0 Å². The maximum Gasteiger partial charge on any atom is 0.125 e. The van der Waals surface area contributed by atoms with Crippen LogP contribution in [0.3, 0.4) is 0 Å². The summed E-state index contributed by atoms with van der Waals surface area (Å²) < 4.78 is 0. The van der Waals surface area contributed by atoms with Gasteiger partial charge in [-0.2, -0.15) is 0 Å². The first kappa shape index (κ1) is 11.1. The van der Waals surface area contributed by atoms with Crippen LogP contribution in [0.2, 0.25) is 0 Å². The Kier molecular flexibility index (Phi) is 4.01. The Morgan fingerprint density at radius 2 is 1.86 bits per heavy atom. The van der Waals surface area contributed by atoms with Gasteiger partial charge in [0, 0.05) is 12.4 Å². The molecule has 3 nitrogen and oxygen atoms in total. The lowest BCUT2D eigenvalue weighted by molar-refractivity contribution is 0.502. The van der Waals surface area contributed by atoms with Crippen molar-refractivity contribution in [2.45, 2.75) is 33.1 Å². The first-order valence-corrected chi connectivity index (χ1v) is 5.12. The molecule has 0 aliphatic heterocycles. The van der Waals surface area contributed by atoms with Crippen molar-refractivity contribution in [3.8, 4) is 0 Å². The minimum absolute atomic E-state index is 0.399. The van der Waals surface area contributed by atoms with E-state index in [1.165, 1.54) is 0 Å². The van der Waals surface area contributed by atoms with Gasteiger partial charge in [-0.25, -0.2) is 9.97 Å². The molecule has 14 heavy (non-hydrogen) atoms. The van der Waals surface area contributed by atoms with Crippen LogP contribution in [0.25, 0.3) is 0 Å². The van der Waals surface area contributed by atoms with Crippen molar-refractivity contribution < 1.29 is 0 Å². The average Bonchev–Trinajstić information content (AvgIpc) is 2.15. The molecule has 0 aliphatic carbocycles. The van der Waals surface area contributed by atoms with Gasteiger partial charge in [-0.05, 0) is 37.3 Å². The lowest BCUT2D eigenvalue weighted by Gasteiger charge is -2.16. The topological polar surface area (TPSA) is 51.8 Å². The molecule has 0 amide bonds. The summed E-state index contributed by atoms with van der Waals surface area (Å²) in [4.78, 5) is 8.38. The number of hydrogen-bond acceptors (Lipinski definition) is 3. The highest BCUT2D eigenvalue weighted by molar-refractivity contribution is 5.12. The molecule has 1 unspecified atom stereocenters. The highest BCUT2D eigenvalue weighted by Gasteiger charge is 2.12. The lowest BCUT2D eigenvalue weighted by atomic mass is 9.92. The Balaban J connectivity index is 2.73. The summed E-state index contributed by atoms with van der Waals surface area (Å²) in [6.45, 7) is 6.98. The molecule has 0 radical (unpaired) electrons. The van der Waals surface area contributed by atoms with Crippen molar-refractivity contribution in [2.75, 3.05) is 6.54 Å². The summed E-state index contributed by atoms with van der Waals surface area (Å²) in [5.41, 5.74) is 6.89. The second-order valence-electron chi connectivity index (χ2n) is 4.13. The zero-order valence-electron chi connectivity index (χ0n) is 9.20. The van der Waals surface area contributed by atoms with Crippen LogP contribution < -0.4 is 5.73 Å². The van der Waals surface area contributed by atoms with E-state index in [0.717, 1.165) is 17.8 Å². The Morgan fingerprint density at radius 3 is 2.29 bits per heavy atom. The zero-order chi connectivity index (χ0) is 10.6. The normalized spacial score (nSPS) is 13.2. The van der Waals surface area contributed by atoms with E-state index in [0.29, 0.717) is 18.4 Å². The molecule has 0 saturated carbocycles. The molecule has 2 N–H and O–H groups in total. The van der Waals surface area contributed by atoms with Crippen LogP contribution in [0.1, 0.15) is 37.6 Å². The smallest absolute Gasteiger partial charge is 0.125 e.